The smallest absolute Gasteiger partial charge is 0.187 e. The second-order valence-electron chi connectivity index (χ2n) is 6.12. The van der Waals surface area contributed by atoms with Crippen LogP contribution in [0.2, 0.25) is 0 Å². The largest absolute Gasteiger partial charge is 0.360 e. The highest BCUT2D eigenvalue weighted by molar-refractivity contribution is 7.80. The Labute approximate surface area is 142 Å². The zero-order valence-corrected chi connectivity index (χ0v) is 14.4. The number of benzene rings is 1. The van der Waals surface area contributed by atoms with Crippen LogP contribution in [0, 0.1) is 0 Å². The van der Waals surface area contributed by atoms with Crippen LogP contribution in [0.5, 0.6) is 0 Å². The summed E-state index contributed by atoms with van der Waals surface area (Å²) < 4.78 is 0. The third-order valence-electron chi connectivity index (χ3n) is 4.52. The van der Waals surface area contributed by atoms with Crippen molar-refractivity contribution in [3.63, 3.8) is 0 Å². The number of thiocarbonyl (C=S) groups is 1. The van der Waals surface area contributed by atoms with Crippen LogP contribution in [0.15, 0.2) is 29.5 Å². The summed E-state index contributed by atoms with van der Waals surface area (Å²) in [7, 11) is 0. The molecule has 0 saturated heterocycles. The number of hydrogen-bond donors (Lipinski definition) is 3. The molecule has 23 heavy (non-hydrogen) atoms. The topological polar surface area (TPSA) is 52.2 Å². The normalized spacial score (nSPS) is 16.0. The van der Waals surface area contributed by atoms with Gasteiger partial charge in [0.2, 0.25) is 0 Å². The fourth-order valence-electron chi connectivity index (χ4n) is 3.27. The Morgan fingerprint density at radius 1 is 1.35 bits per heavy atom. The van der Waals surface area contributed by atoms with E-state index in [1.807, 2.05) is 12.4 Å². The fourth-order valence-corrected chi connectivity index (χ4v) is 3.48. The van der Waals surface area contributed by atoms with E-state index < -0.39 is 0 Å². The van der Waals surface area contributed by atoms with Crippen molar-refractivity contribution in [1.29, 1.82) is 0 Å². The molecule has 1 aliphatic rings. The molecule has 1 aromatic heterocycles. The Bertz CT molecular complexity index is 698. The molecule has 1 fully saturated rings. The molecule has 0 unspecified atom stereocenters. The number of H-pyrrole nitrogens is 1. The zero-order chi connectivity index (χ0) is 16.1. The van der Waals surface area contributed by atoms with Crippen molar-refractivity contribution in [3.8, 4) is 0 Å². The number of rotatable bonds is 4. The Kier molecular flexibility index (Phi) is 5.28. The van der Waals surface area contributed by atoms with E-state index in [-0.39, 0.29) is 0 Å². The number of hydrogen-bond acceptors (Lipinski definition) is 2. The van der Waals surface area contributed by atoms with Gasteiger partial charge in [-0.2, -0.15) is 5.10 Å². The Balaban J connectivity index is 1.60. The second kappa shape index (κ2) is 7.59. The Morgan fingerprint density at radius 2 is 2.17 bits per heavy atom. The molecule has 0 atom stereocenters. The number of aromatic nitrogens is 1. The van der Waals surface area contributed by atoms with Crippen molar-refractivity contribution < 1.29 is 0 Å². The van der Waals surface area contributed by atoms with Gasteiger partial charge in [0.05, 0.1) is 6.21 Å². The molecule has 2 aromatic rings. The van der Waals surface area contributed by atoms with E-state index in [0.29, 0.717) is 11.2 Å². The van der Waals surface area contributed by atoms with Crippen LogP contribution in [0.25, 0.3) is 10.9 Å². The van der Waals surface area contributed by atoms with Crippen molar-refractivity contribution in [2.75, 3.05) is 0 Å². The maximum atomic E-state index is 5.32. The predicted molar refractivity (Wildman–Crippen MR) is 101 cm³/mol. The van der Waals surface area contributed by atoms with E-state index in [4.69, 9.17) is 12.2 Å². The highest BCUT2D eigenvalue weighted by Crippen LogP contribution is 2.21. The summed E-state index contributed by atoms with van der Waals surface area (Å²) in [6, 6.07) is 6.86. The van der Waals surface area contributed by atoms with Gasteiger partial charge in [0.15, 0.2) is 5.11 Å². The van der Waals surface area contributed by atoms with Crippen molar-refractivity contribution in [2.45, 2.75) is 51.5 Å². The maximum Gasteiger partial charge on any atom is 0.187 e. The van der Waals surface area contributed by atoms with Crippen molar-refractivity contribution in [3.05, 3.63) is 35.5 Å². The summed E-state index contributed by atoms with van der Waals surface area (Å²) in [4.78, 5) is 3.34. The third kappa shape index (κ3) is 3.91. The number of para-hydroxylation sites is 1. The van der Waals surface area contributed by atoms with Gasteiger partial charge in [0.25, 0.3) is 0 Å². The Hall–Kier alpha value is -1.88. The number of aromatic amines is 1. The minimum atomic E-state index is 0.499. The van der Waals surface area contributed by atoms with Crippen LogP contribution >= 0.6 is 12.2 Å². The van der Waals surface area contributed by atoms with Crippen LogP contribution in [0.3, 0.4) is 0 Å². The molecule has 0 aliphatic heterocycles. The lowest BCUT2D eigenvalue weighted by Crippen LogP contribution is -2.40. The predicted octanol–water partition coefficient (Wildman–Crippen LogP) is 3.86. The summed E-state index contributed by atoms with van der Waals surface area (Å²) in [5.74, 6) is 0. The number of hydrazone groups is 1. The molecule has 4 nitrogen and oxygen atoms in total. The Morgan fingerprint density at radius 3 is 2.96 bits per heavy atom. The molecule has 0 radical (unpaired) electrons. The fraction of sp³-hybridized carbons (Fsp3) is 0.444. The molecule has 1 aliphatic carbocycles. The van der Waals surface area contributed by atoms with Gasteiger partial charge >= 0.3 is 0 Å². The van der Waals surface area contributed by atoms with Gasteiger partial charge < -0.3 is 10.3 Å². The number of nitrogens with one attached hydrogen (secondary N) is 3. The summed E-state index contributed by atoms with van der Waals surface area (Å²) in [6.07, 6.45) is 11.2. The van der Waals surface area contributed by atoms with E-state index in [0.717, 1.165) is 12.0 Å². The van der Waals surface area contributed by atoms with Crippen LogP contribution in [0.1, 0.15) is 50.2 Å². The first-order valence-corrected chi connectivity index (χ1v) is 8.87. The summed E-state index contributed by atoms with van der Waals surface area (Å²) in [6.45, 7) is 2.17. The first-order valence-electron chi connectivity index (χ1n) is 8.46. The van der Waals surface area contributed by atoms with Gasteiger partial charge in [0, 0.05) is 28.7 Å². The van der Waals surface area contributed by atoms with Gasteiger partial charge in [-0.3, -0.25) is 5.43 Å². The van der Waals surface area contributed by atoms with Crippen molar-refractivity contribution >= 4 is 34.4 Å². The van der Waals surface area contributed by atoms with E-state index >= 15 is 0 Å². The summed E-state index contributed by atoms with van der Waals surface area (Å²) in [5.41, 5.74) is 6.53. The van der Waals surface area contributed by atoms with Crippen molar-refractivity contribution in [2.24, 2.45) is 5.10 Å². The maximum absolute atomic E-state index is 5.32. The summed E-state index contributed by atoms with van der Waals surface area (Å²) >= 11 is 5.32. The average Bonchev–Trinajstić information content (AvgIpc) is 2.99. The van der Waals surface area contributed by atoms with E-state index in [2.05, 4.69) is 46.0 Å². The van der Waals surface area contributed by atoms with Gasteiger partial charge in [-0.15, -0.1) is 0 Å². The van der Waals surface area contributed by atoms with Crippen LogP contribution in [-0.4, -0.2) is 22.4 Å². The molecule has 3 rings (SSSR count). The quantitative estimate of drug-likeness (QED) is 0.454. The summed E-state index contributed by atoms with van der Waals surface area (Å²) in [5, 5.41) is 9.45. The van der Waals surface area contributed by atoms with Crippen LogP contribution < -0.4 is 10.7 Å². The van der Waals surface area contributed by atoms with Gasteiger partial charge in [0.1, 0.15) is 0 Å². The highest BCUT2D eigenvalue weighted by Gasteiger charge is 2.13. The first kappa shape index (κ1) is 16.0. The van der Waals surface area contributed by atoms with Crippen LogP contribution in [0.4, 0.5) is 0 Å². The minimum Gasteiger partial charge on any atom is -0.360 e. The number of nitrogens with zero attached hydrogens (tertiary/aromatic N) is 1. The molecular weight excluding hydrogens is 304 g/mol. The number of aryl methyl sites for hydroxylation is 1. The zero-order valence-electron chi connectivity index (χ0n) is 13.6. The molecule has 0 bridgehead atoms. The second-order valence-corrected chi connectivity index (χ2v) is 6.52. The molecule has 1 aromatic carbocycles. The molecule has 1 saturated carbocycles. The van der Waals surface area contributed by atoms with E-state index in [1.54, 1.807) is 0 Å². The molecule has 0 spiro atoms. The van der Waals surface area contributed by atoms with Gasteiger partial charge in [-0.25, -0.2) is 0 Å². The highest BCUT2D eigenvalue weighted by atomic mass is 32.1. The lowest BCUT2D eigenvalue weighted by atomic mass is 9.96. The molecule has 122 valence electrons. The van der Waals surface area contributed by atoms with Crippen LogP contribution in [-0.2, 0) is 6.42 Å². The standard InChI is InChI=1S/C18H24N4S/c1-2-13-7-6-10-16-14(11-19-17(13)16)12-20-22-18(23)21-15-8-4-3-5-9-15/h6-7,10-12,15,19H,2-5,8-9H2,1H3,(H2,21,22,23)/b20-12+. The SMILES string of the molecule is CCc1cccc2c(/C=N/NC(=S)NC3CCCCC3)c[nH]c12. The molecule has 0 amide bonds. The molecule has 3 N–H and O–H groups in total. The van der Waals surface area contributed by atoms with Gasteiger partial charge in [-0.05, 0) is 37.0 Å². The third-order valence-corrected chi connectivity index (χ3v) is 4.73. The molecule has 1 heterocycles. The first-order chi connectivity index (χ1) is 11.3. The van der Waals surface area contributed by atoms with E-state index in [1.165, 1.54) is 48.6 Å². The van der Waals surface area contributed by atoms with E-state index in [9.17, 15) is 0 Å². The monoisotopic (exact) mass is 328 g/mol. The lowest BCUT2D eigenvalue weighted by molar-refractivity contribution is 0.412. The minimum absolute atomic E-state index is 0.499. The van der Waals surface area contributed by atoms with Gasteiger partial charge in [-0.1, -0.05) is 44.4 Å². The average molecular weight is 328 g/mol. The van der Waals surface area contributed by atoms with Crippen molar-refractivity contribution in [1.82, 2.24) is 15.7 Å². The molecular formula is C18H24N4S. The number of fused-ring (bicyclic) bond motifs is 1. The molecule has 5 heteroatoms. The lowest BCUT2D eigenvalue weighted by Gasteiger charge is -2.23.